The fourth-order valence-corrected chi connectivity index (χ4v) is 3.22. The molecule has 1 aromatic rings. The Balaban J connectivity index is 1.68. The Labute approximate surface area is 112 Å². The molecule has 0 aliphatic carbocycles. The van der Waals surface area contributed by atoms with Gasteiger partial charge in [-0.15, -0.1) is 0 Å². The van der Waals surface area contributed by atoms with Gasteiger partial charge >= 0.3 is 0 Å². The number of carbonyl (C=O) groups is 1. The second-order valence-corrected chi connectivity index (χ2v) is 5.31. The first-order valence-corrected chi connectivity index (χ1v) is 6.91. The van der Waals surface area contributed by atoms with E-state index in [4.69, 9.17) is 0 Å². The number of nitrogens with zero attached hydrogens (tertiary/aromatic N) is 2. The maximum atomic E-state index is 13.5. The molecule has 3 rings (SSSR count). The van der Waals surface area contributed by atoms with Crippen molar-refractivity contribution in [2.45, 2.75) is 37.8 Å². The second-order valence-electron chi connectivity index (χ2n) is 5.31. The van der Waals surface area contributed by atoms with Gasteiger partial charge in [-0.2, -0.15) is 4.39 Å². The first kappa shape index (κ1) is 12.5. The van der Waals surface area contributed by atoms with Crippen LogP contribution in [0.1, 0.15) is 36.0 Å². The van der Waals surface area contributed by atoms with Gasteiger partial charge < -0.3 is 5.32 Å². The van der Waals surface area contributed by atoms with Crippen molar-refractivity contribution in [3.05, 3.63) is 29.8 Å². The molecule has 1 N–H and O–H groups in total. The first-order chi connectivity index (χ1) is 9.25. The summed E-state index contributed by atoms with van der Waals surface area (Å²) in [7, 11) is 0. The predicted molar refractivity (Wildman–Crippen MR) is 69.3 cm³/mol. The number of rotatable bonds is 2. The van der Waals surface area contributed by atoms with Gasteiger partial charge in [-0.1, -0.05) is 6.42 Å². The van der Waals surface area contributed by atoms with Crippen LogP contribution >= 0.6 is 0 Å². The largest absolute Gasteiger partial charge is 0.348 e. The van der Waals surface area contributed by atoms with E-state index in [0.29, 0.717) is 6.04 Å². The van der Waals surface area contributed by atoms with Crippen molar-refractivity contribution >= 4 is 5.91 Å². The highest BCUT2D eigenvalue weighted by molar-refractivity contribution is 5.94. The third-order valence-corrected chi connectivity index (χ3v) is 4.18. The van der Waals surface area contributed by atoms with E-state index in [0.717, 1.165) is 25.9 Å². The van der Waals surface area contributed by atoms with Crippen LogP contribution in [0.4, 0.5) is 4.39 Å². The number of halogens is 1. The SMILES string of the molecule is O=C(NC1CCN2CCCCC12)c1cccnc1F. The maximum Gasteiger partial charge on any atom is 0.256 e. The number of piperidine rings is 1. The summed E-state index contributed by atoms with van der Waals surface area (Å²) >= 11 is 0. The minimum absolute atomic E-state index is 0.0387. The molecule has 0 aromatic carbocycles. The van der Waals surface area contributed by atoms with E-state index >= 15 is 0 Å². The Morgan fingerprint density at radius 3 is 3.11 bits per heavy atom. The molecule has 0 saturated carbocycles. The van der Waals surface area contributed by atoms with Crippen LogP contribution in [0.15, 0.2) is 18.3 Å². The summed E-state index contributed by atoms with van der Waals surface area (Å²) in [6.45, 7) is 2.16. The van der Waals surface area contributed by atoms with Gasteiger partial charge in [0.2, 0.25) is 5.95 Å². The average molecular weight is 263 g/mol. The topological polar surface area (TPSA) is 45.2 Å². The Morgan fingerprint density at radius 1 is 1.37 bits per heavy atom. The van der Waals surface area contributed by atoms with Crippen molar-refractivity contribution in [2.75, 3.05) is 13.1 Å². The van der Waals surface area contributed by atoms with Gasteiger partial charge in [0.25, 0.3) is 5.91 Å². The Morgan fingerprint density at radius 2 is 2.26 bits per heavy atom. The number of nitrogens with one attached hydrogen (secondary N) is 1. The molecule has 1 amide bonds. The van der Waals surface area contributed by atoms with Crippen LogP contribution in [0.3, 0.4) is 0 Å². The molecule has 2 atom stereocenters. The standard InChI is InChI=1S/C14H18FN3O/c15-13-10(4-3-7-16-13)14(19)17-11-6-9-18-8-2-1-5-12(11)18/h3-4,7,11-12H,1-2,5-6,8-9H2,(H,17,19). The lowest BCUT2D eigenvalue weighted by atomic mass is 9.99. The lowest BCUT2D eigenvalue weighted by Crippen LogP contribution is -2.46. The molecule has 4 nitrogen and oxygen atoms in total. The molecule has 3 heterocycles. The fraction of sp³-hybridized carbons (Fsp3) is 0.571. The number of hydrogen-bond donors (Lipinski definition) is 1. The minimum Gasteiger partial charge on any atom is -0.348 e. The molecule has 5 heteroatoms. The summed E-state index contributed by atoms with van der Waals surface area (Å²) in [6.07, 6.45) is 5.90. The third-order valence-electron chi connectivity index (χ3n) is 4.18. The molecule has 2 unspecified atom stereocenters. The Kier molecular flexibility index (Phi) is 3.46. The summed E-state index contributed by atoms with van der Waals surface area (Å²) in [5.41, 5.74) is 0.0387. The number of hydrogen-bond acceptors (Lipinski definition) is 3. The zero-order chi connectivity index (χ0) is 13.2. The van der Waals surface area contributed by atoms with E-state index in [1.165, 1.54) is 25.1 Å². The van der Waals surface area contributed by atoms with E-state index in [1.807, 2.05) is 0 Å². The van der Waals surface area contributed by atoms with E-state index in [1.54, 1.807) is 6.07 Å². The maximum absolute atomic E-state index is 13.5. The summed E-state index contributed by atoms with van der Waals surface area (Å²) in [4.78, 5) is 18.0. The molecule has 2 aliphatic rings. The van der Waals surface area contributed by atoms with E-state index in [9.17, 15) is 9.18 Å². The van der Waals surface area contributed by atoms with Gasteiger partial charge in [0.15, 0.2) is 0 Å². The molecule has 2 aliphatic heterocycles. The molecule has 102 valence electrons. The van der Waals surface area contributed by atoms with Gasteiger partial charge in [-0.25, -0.2) is 4.98 Å². The highest BCUT2D eigenvalue weighted by Gasteiger charge is 2.36. The first-order valence-electron chi connectivity index (χ1n) is 6.91. The Hall–Kier alpha value is -1.49. The minimum atomic E-state index is -0.696. The number of aromatic nitrogens is 1. The zero-order valence-electron chi connectivity index (χ0n) is 10.8. The number of fused-ring (bicyclic) bond motifs is 1. The van der Waals surface area contributed by atoms with Crippen molar-refractivity contribution in [2.24, 2.45) is 0 Å². The van der Waals surface area contributed by atoms with Gasteiger partial charge in [-0.3, -0.25) is 9.69 Å². The summed E-state index contributed by atoms with van der Waals surface area (Å²) in [5.74, 6) is -1.04. The van der Waals surface area contributed by atoms with Crippen molar-refractivity contribution < 1.29 is 9.18 Å². The lowest BCUT2D eigenvalue weighted by Gasteiger charge is -2.32. The number of amides is 1. The normalized spacial score (nSPS) is 27.0. The Bertz CT molecular complexity index is 480. The van der Waals surface area contributed by atoms with Gasteiger partial charge in [0, 0.05) is 24.8 Å². The summed E-state index contributed by atoms with van der Waals surface area (Å²) < 4.78 is 13.5. The van der Waals surface area contributed by atoms with Crippen LogP contribution < -0.4 is 5.32 Å². The molecular weight excluding hydrogens is 245 g/mol. The average Bonchev–Trinajstić information content (AvgIpc) is 2.83. The third kappa shape index (κ3) is 2.47. The quantitative estimate of drug-likeness (QED) is 0.824. The van der Waals surface area contributed by atoms with Crippen molar-refractivity contribution in [1.29, 1.82) is 0 Å². The molecule has 0 bridgehead atoms. The zero-order valence-corrected chi connectivity index (χ0v) is 10.8. The van der Waals surface area contributed by atoms with Crippen LogP contribution in [0.5, 0.6) is 0 Å². The highest BCUT2D eigenvalue weighted by atomic mass is 19.1. The monoisotopic (exact) mass is 263 g/mol. The van der Waals surface area contributed by atoms with Gasteiger partial charge in [0.05, 0.1) is 5.56 Å². The second kappa shape index (κ2) is 5.25. The van der Waals surface area contributed by atoms with Gasteiger partial charge in [0.1, 0.15) is 0 Å². The predicted octanol–water partition coefficient (Wildman–Crippen LogP) is 1.58. The number of carbonyl (C=O) groups excluding carboxylic acids is 1. The van der Waals surface area contributed by atoms with E-state index in [2.05, 4.69) is 15.2 Å². The van der Waals surface area contributed by atoms with Crippen molar-refractivity contribution in [1.82, 2.24) is 15.2 Å². The molecule has 19 heavy (non-hydrogen) atoms. The summed E-state index contributed by atoms with van der Waals surface area (Å²) in [5, 5.41) is 2.97. The lowest BCUT2D eigenvalue weighted by molar-refractivity contribution is 0.0910. The van der Waals surface area contributed by atoms with Crippen molar-refractivity contribution in [3.63, 3.8) is 0 Å². The molecule has 0 spiro atoms. The van der Waals surface area contributed by atoms with Crippen LogP contribution in [-0.2, 0) is 0 Å². The van der Waals surface area contributed by atoms with Crippen LogP contribution in [0.25, 0.3) is 0 Å². The van der Waals surface area contributed by atoms with Crippen molar-refractivity contribution in [3.8, 4) is 0 Å². The van der Waals surface area contributed by atoms with Gasteiger partial charge in [-0.05, 0) is 37.9 Å². The molecule has 0 radical (unpaired) electrons. The molecule has 1 aromatic heterocycles. The number of pyridine rings is 1. The summed E-state index contributed by atoms with van der Waals surface area (Å²) in [6, 6.07) is 3.63. The van der Waals surface area contributed by atoms with E-state index < -0.39 is 5.95 Å². The highest BCUT2D eigenvalue weighted by Crippen LogP contribution is 2.27. The smallest absolute Gasteiger partial charge is 0.256 e. The molecule has 2 fully saturated rings. The molecular formula is C14H18FN3O. The van der Waals surface area contributed by atoms with E-state index in [-0.39, 0.29) is 17.5 Å². The van der Waals surface area contributed by atoms with Crippen LogP contribution in [0.2, 0.25) is 0 Å². The van der Waals surface area contributed by atoms with Crippen LogP contribution in [0, 0.1) is 5.95 Å². The molecule has 2 saturated heterocycles. The fourth-order valence-electron chi connectivity index (χ4n) is 3.22. The van der Waals surface area contributed by atoms with Crippen LogP contribution in [-0.4, -0.2) is 41.0 Å².